The first-order valence-electron chi connectivity index (χ1n) is 6.52. The minimum Gasteiger partial charge on any atom is -0.285 e. The van der Waals surface area contributed by atoms with Crippen LogP contribution < -0.4 is 10.9 Å². The Labute approximate surface area is 110 Å². The lowest BCUT2D eigenvalue weighted by Gasteiger charge is -2.27. The molecule has 92 valence electrons. The molecule has 0 saturated carbocycles. The van der Waals surface area contributed by atoms with Crippen molar-refractivity contribution in [3.05, 3.63) is 68.0 Å². The monoisotopic (exact) mass is 248 g/mol. The highest BCUT2D eigenvalue weighted by Gasteiger charge is 2.32. The molecule has 4 rings (SSSR count). The van der Waals surface area contributed by atoms with E-state index in [1.807, 2.05) is 31.2 Å². The molecule has 2 nitrogen and oxygen atoms in total. The van der Waals surface area contributed by atoms with Crippen molar-refractivity contribution in [2.45, 2.75) is 19.3 Å². The molecule has 0 fully saturated rings. The topological polar surface area (TPSA) is 34.1 Å². The molecule has 0 N–H and O–H groups in total. The number of hydrogen-bond donors (Lipinski definition) is 0. The van der Waals surface area contributed by atoms with Gasteiger partial charge in [0.1, 0.15) is 0 Å². The summed E-state index contributed by atoms with van der Waals surface area (Å²) in [5.74, 6) is 0.161. The van der Waals surface area contributed by atoms with Crippen LogP contribution in [0, 0.1) is 0 Å². The Balaban J connectivity index is 2.18. The first-order chi connectivity index (χ1) is 9.18. The predicted octanol–water partition coefficient (Wildman–Crippen LogP) is 2.76. The smallest absolute Gasteiger partial charge is 0.234 e. The van der Waals surface area contributed by atoms with Gasteiger partial charge in [0.05, 0.1) is 0 Å². The third-order valence-electron chi connectivity index (χ3n) is 4.23. The maximum atomic E-state index is 11.9. The summed E-state index contributed by atoms with van der Waals surface area (Å²) in [6, 6.07) is 12.2. The molecule has 0 saturated heterocycles. The van der Waals surface area contributed by atoms with E-state index in [1.165, 1.54) is 5.56 Å². The van der Waals surface area contributed by atoms with Crippen molar-refractivity contribution in [2.24, 2.45) is 0 Å². The fraction of sp³-hybridized carbons (Fsp3) is 0.176. The van der Waals surface area contributed by atoms with Crippen molar-refractivity contribution in [1.29, 1.82) is 0 Å². The van der Waals surface area contributed by atoms with Gasteiger partial charge in [0.15, 0.2) is 0 Å². The lowest BCUT2D eigenvalue weighted by atomic mass is 9.74. The van der Waals surface area contributed by atoms with Gasteiger partial charge < -0.3 is 0 Å². The van der Waals surface area contributed by atoms with Crippen LogP contribution in [0.25, 0.3) is 21.9 Å². The number of hydrogen-bond acceptors (Lipinski definition) is 2. The van der Waals surface area contributed by atoms with Crippen molar-refractivity contribution in [1.82, 2.24) is 0 Å². The van der Waals surface area contributed by atoms with Gasteiger partial charge >= 0.3 is 0 Å². The van der Waals surface area contributed by atoms with E-state index in [-0.39, 0.29) is 16.8 Å². The lowest BCUT2D eigenvalue weighted by molar-refractivity contribution is 0.733. The second kappa shape index (κ2) is 3.41. The van der Waals surface area contributed by atoms with Crippen LogP contribution in [-0.4, -0.2) is 0 Å². The van der Waals surface area contributed by atoms with Crippen LogP contribution in [0.3, 0.4) is 0 Å². The molecule has 0 amide bonds. The Bertz CT molecular complexity index is 895. The SMILES string of the molecule is CC1Cc2ccc3ccccc3c2-c2c1c(=O)c2=O. The van der Waals surface area contributed by atoms with E-state index in [9.17, 15) is 9.59 Å². The summed E-state index contributed by atoms with van der Waals surface area (Å²) >= 11 is 0. The second-order valence-electron chi connectivity index (χ2n) is 5.37. The van der Waals surface area contributed by atoms with Crippen LogP contribution in [0.4, 0.5) is 0 Å². The molecule has 1 aliphatic carbocycles. The highest BCUT2D eigenvalue weighted by Crippen LogP contribution is 2.40. The molecule has 0 aromatic heterocycles. The maximum absolute atomic E-state index is 11.9. The van der Waals surface area contributed by atoms with Crippen molar-refractivity contribution < 1.29 is 0 Å². The predicted molar refractivity (Wildman–Crippen MR) is 76.4 cm³/mol. The van der Waals surface area contributed by atoms with Crippen LogP contribution in [0.1, 0.15) is 24.0 Å². The van der Waals surface area contributed by atoms with Crippen LogP contribution in [0.2, 0.25) is 0 Å². The van der Waals surface area contributed by atoms with E-state index in [1.54, 1.807) is 0 Å². The van der Waals surface area contributed by atoms with Crippen LogP contribution in [0.15, 0.2) is 46.0 Å². The highest BCUT2D eigenvalue weighted by molar-refractivity contribution is 6.00. The Hall–Kier alpha value is -2.22. The fourth-order valence-corrected chi connectivity index (χ4v) is 3.34. The van der Waals surface area contributed by atoms with E-state index in [0.29, 0.717) is 5.56 Å². The van der Waals surface area contributed by atoms with Crippen molar-refractivity contribution >= 4 is 10.8 Å². The van der Waals surface area contributed by atoms with Crippen molar-refractivity contribution in [2.75, 3.05) is 0 Å². The van der Waals surface area contributed by atoms with Crippen molar-refractivity contribution in [3.8, 4) is 11.1 Å². The molecule has 3 aromatic rings. The van der Waals surface area contributed by atoms with E-state index < -0.39 is 0 Å². The standard InChI is InChI=1S/C17H12O2/c1-9-8-11-7-6-10-4-2-3-5-12(10)14(11)15-13(9)16(18)17(15)19/h2-7,9H,8H2,1H3. The molecular formula is C17H12O2. The van der Waals surface area contributed by atoms with Crippen LogP contribution >= 0.6 is 0 Å². The van der Waals surface area contributed by atoms with Gasteiger partial charge in [0, 0.05) is 11.1 Å². The van der Waals surface area contributed by atoms with E-state index >= 15 is 0 Å². The van der Waals surface area contributed by atoms with E-state index in [2.05, 4.69) is 12.1 Å². The molecule has 0 spiro atoms. The zero-order chi connectivity index (χ0) is 13.1. The summed E-state index contributed by atoms with van der Waals surface area (Å²) in [6.45, 7) is 2.03. The Morgan fingerprint density at radius 2 is 1.74 bits per heavy atom. The second-order valence-corrected chi connectivity index (χ2v) is 5.37. The molecule has 0 heterocycles. The maximum Gasteiger partial charge on any atom is 0.234 e. The first kappa shape index (κ1) is 10.7. The summed E-state index contributed by atoms with van der Waals surface area (Å²) in [5, 5.41) is 2.20. The first-order valence-corrected chi connectivity index (χ1v) is 6.52. The zero-order valence-electron chi connectivity index (χ0n) is 10.6. The number of rotatable bonds is 0. The molecular weight excluding hydrogens is 236 g/mol. The normalized spacial score (nSPS) is 17.4. The number of fused-ring (bicyclic) bond motifs is 5. The molecule has 3 aromatic carbocycles. The minimum atomic E-state index is -0.306. The quantitative estimate of drug-likeness (QED) is 0.573. The molecule has 1 aliphatic rings. The molecule has 2 heteroatoms. The fourth-order valence-electron chi connectivity index (χ4n) is 3.34. The van der Waals surface area contributed by atoms with Crippen LogP contribution in [-0.2, 0) is 6.42 Å². The summed E-state index contributed by atoms with van der Waals surface area (Å²) < 4.78 is 0. The third-order valence-corrected chi connectivity index (χ3v) is 4.23. The van der Waals surface area contributed by atoms with Gasteiger partial charge in [-0.1, -0.05) is 43.3 Å². The zero-order valence-corrected chi connectivity index (χ0v) is 10.6. The van der Waals surface area contributed by atoms with Gasteiger partial charge in [-0.25, -0.2) is 0 Å². The highest BCUT2D eigenvalue weighted by atomic mass is 16.2. The van der Waals surface area contributed by atoms with Crippen molar-refractivity contribution in [3.63, 3.8) is 0 Å². The van der Waals surface area contributed by atoms with Gasteiger partial charge in [-0.15, -0.1) is 0 Å². The van der Waals surface area contributed by atoms with Gasteiger partial charge in [0.2, 0.25) is 10.9 Å². The summed E-state index contributed by atoms with van der Waals surface area (Å²) in [5.41, 5.74) is 3.02. The molecule has 0 bridgehead atoms. The van der Waals surface area contributed by atoms with Gasteiger partial charge in [-0.05, 0) is 34.2 Å². The minimum absolute atomic E-state index is 0.161. The summed E-state index contributed by atoms with van der Waals surface area (Å²) in [7, 11) is 0. The average molecular weight is 248 g/mol. The molecule has 1 unspecified atom stereocenters. The van der Waals surface area contributed by atoms with Gasteiger partial charge in [0.25, 0.3) is 0 Å². The van der Waals surface area contributed by atoms with E-state index in [0.717, 1.165) is 28.3 Å². The Kier molecular flexibility index (Phi) is 1.92. The molecule has 19 heavy (non-hydrogen) atoms. The Morgan fingerprint density at radius 1 is 0.947 bits per heavy atom. The summed E-state index contributed by atoms with van der Waals surface area (Å²) in [6.07, 6.45) is 0.845. The molecule has 0 radical (unpaired) electrons. The van der Waals surface area contributed by atoms with Gasteiger partial charge in [-0.2, -0.15) is 0 Å². The largest absolute Gasteiger partial charge is 0.285 e. The molecule has 0 aliphatic heterocycles. The molecule has 1 atom stereocenters. The van der Waals surface area contributed by atoms with E-state index in [4.69, 9.17) is 0 Å². The summed E-state index contributed by atoms with van der Waals surface area (Å²) in [4.78, 5) is 23.7. The third kappa shape index (κ3) is 1.21. The Morgan fingerprint density at radius 3 is 2.58 bits per heavy atom. The lowest BCUT2D eigenvalue weighted by Crippen LogP contribution is -2.40. The number of benzene rings is 2. The van der Waals surface area contributed by atoms with Crippen LogP contribution in [0.5, 0.6) is 0 Å². The van der Waals surface area contributed by atoms with Gasteiger partial charge in [-0.3, -0.25) is 9.59 Å². The average Bonchev–Trinajstić information content (AvgIpc) is 2.44.